The van der Waals surface area contributed by atoms with Crippen molar-refractivity contribution in [3.05, 3.63) is 57.6 Å². The predicted molar refractivity (Wildman–Crippen MR) is 141 cm³/mol. The Kier molecular flexibility index (Phi) is 6.81. The maximum Gasteiger partial charge on any atom is 0.348 e. The van der Waals surface area contributed by atoms with Crippen LogP contribution in [-0.2, 0) is 26.9 Å². The fourth-order valence-electron chi connectivity index (χ4n) is 4.73. The van der Waals surface area contributed by atoms with Gasteiger partial charge in [0.25, 0.3) is 11.8 Å². The molecular formula is C22H22B4ClF2N3O4. The number of hydrogen-bond donors (Lipinski definition) is 1. The van der Waals surface area contributed by atoms with E-state index in [1.54, 1.807) is 41.7 Å². The maximum atomic E-state index is 15.2. The van der Waals surface area contributed by atoms with Gasteiger partial charge in [-0.15, -0.1) is 0 Å². The highest BCUT2D eigenvalue weighted by Crippen LogP contribution is 2.34. The number of benzene rings is 2. The van der Waals surface area contributed by atoms with Crippen LogP contribution in [0.4, 0.5) is 8.78 Å². The molecule has 4 amide bonds. The molecule has 0 aromatic heterocycles. The molecule has 36 heavy (non-hydrogen) atoms. The molecule has 7 nitrogen and oxygen atoms in total. The van der Waals surface area contributed by atoms with E-state index >= 15 is 8.78 Å². The Morgan fingerprint density at radius 1 is 1.17 bits per heavy atom. The molecule has 14 heteroatoms. The monoisotopic (exact) mass is 509 g/mol. The summed E-state index contributed by atoms with van der Waals surface area (Å²) in [5.74, 6) is -7.06. The number of amides is 4. The number of hydrogen-bond acceptors (Lipinski definition) is 4. The molecule has 2 aliphatic heterocycles. The molecule has 0 saturated carbocycles. The minimum absolute atomic E-state index is 0.145. The van der Waals surface area contributed by atoms with Gasteiger partial charge >= 0.3 is 5.92 Å². The fourth-order valence-corrected chi connectivity index (χ4v) is 4.83. The molecule has 2 aliphatic rings. The van der Waals surface area contributed by atoms with Crippen molar-refractivity contribution < 1.29 is 28.0 Å². The van der Waals surface area contributed by atoms with Crippen molar-refractivity contribution in [3.8, 4) is 0 Å². The summed E-state index contributed by atoms with van der Waals surface area (Å²) < 4.78 is 30.4. The number of piperidine rings is 1. The number of rotatable bonds is 5. The Balaban J connectivity index is 1.54. The third-order valence-electron chi connectivity index (χ3n) is 7.00. The third-order valence-corrected chi connectivity index (χ3v) is 7.60. The van der Waals surface area contributed by atoms with Gasteiger partial charge in [-0.2, -0.15) is 8.78 Å². The van der Waals surface area contributed by atoms with Crippen molar-refractivity contribution in [2.45, 2.75) is 37.3 Å². The van der Waals surface area contributed by atoms with Crippen LogP contribution >= 0.6 is 11.6 Å². The predicted octanol–water partition coefficient (Wildman–Crippen LogP) is -2.58. The average Bonchev–Trinajstić information content (AvgIpc) is 3.16. The van der Waals surface area contributed by atoms with Crippen molar-refractivity contribution in [2.24, 2.45) is 0 Å². The first-order chi connectivity index (χ1) is 16.8. The van der Waals surface area contributed by atoms with Crippen molar-refractivity contribution >= 4 is 77.7 Å². The zero-order valence-electron chi connectivity index (χ0n) is 20.3. The molecule has 2 aromatic carbocycles. The van der Waals surface area contributed by atoms with Gasteiger partial charge in [0, 0.05) is 35.1 Å². The molecule has 4 rings (SSSR count). The van der Waals surface area contributed by atoms with E-state index in [1.165, 1.54) is 25.0 Å². The Labute approximate surface area is 215 Å². The fraction of sp³-hybridized carbons (Fsp3) is 0.273. The standard InChI is InChI=1S/C22H22B4ClF2N3O4/c23-13-6-11(7-14(24)17(13)27)22(28,29)21(36)32(26)18(25)9-1-2-12-10(5-9)8-31(20(12)35)15-3-4-16(33)30-19(15)34/h1-2,5-7,15,18H,3-4,8,23-26H2,(H,30,33,34). The molecule has 1 saturated heterocycles. The first kappa shape index (κ1) is 26.0. The maximum absolute atomic E-state index is 15.2. The molecule has 1 N–H and O–H groups in total. The first-order valence-corrected chi connectivity index (χ1v) is 11.9. The van der Waals surface area contributed by atoms with Crippen LogP contribution in [0.25, 0.3) is 0 Å². The van der Waals surface area contributed by atoms with Crippen LogP contribution in [0.3, 0.4) is 0 Å². The largest absolute Gasteiger partial charge is 0.389 e. The second-order valence-electron chi connectivity index (χ2n) is 9.41. The first-order valence-electron chi connectivity index (χ1n) is 11.5. The highest BCUT2D eigenvalue weighted by Gasteiger charge is 2.44. The van der Waals surface area contributed by atoms with E-state index in [-0.39, 0.29) is 31.2 Å². The van der Waals surface area contributed by atoms with Gasteiger partial charge in [0.05, 0.1) is 0 Å². The summed E-state index contributed by atoms with van der Waals surface area (Å²) in [4.78, 5) is 51.9. The van der Waals surface area contributed by atoms with E-state index in [0.717, 1.165) is 4.81 Å². The number of carbonyl (C=O) groups excluding carboxylic acids is 4. The minimum Gasteiger partial charge on any atom is -0.389 e. The lowest BCUT2D eigenvalue weighted by Crippen LogP contribution is -2.52. The van der Waals surface area contributed by atoms with Crippen molar-refractivity contribution in [3.63, 3.8) is 0 Å². The van der Waals surface area contributed by atoms with Gasteiger partial charge in [-0.25, -0.2) is 0 Å². The van der Waals surface area contributed by atoms with Crippen LogP contribution in [0.5, 0.6) is 0 Å². The lowest BCUT2D eigenvalue weighted by atomic mass is 9.82. The summed E-state index contributed by atoms with van der Waals surface area (Å²) in [5.41, 5.74) is 2.09. The van der Waals surface area contributed by atoms with E-state index in [4.69, 9.17) is 11.6 Å². The van der Waals surface area contributed by atoms with Crippen LogP contribution in [0.15, 0.2) is 30.3 Å². The lowest BCUT2D eigenvalue weighted by Gasteiger charge is -2.30. The second-order valence-corrected chi connectivity index (χ2v) is 9.78. The number of halogens is 3. The van der Waals surface area contributed by atoms with E-state index in [1.807, 2.05) is 0 Å². The van der Waals surface area contributed by atoms with Gasteiger partial charge in [0.2, 0.25) is 19.8 Å². The second kappa shape index (κ2) is 9.42. The zero-order chi connectivity index (χ0) is 26.5. The highest BCUT2D eigenvalue weighted by atomic mass is 35.5. The highest BCUT2D eigenvalue weighted by molar-refractivity contribution is 6.52. The Hall–Kier alpha value is -3.07. The van der Waals surface area contributed by atoms with Gasteiger partial charge in [-0.05, 0) is 23.6 Å². The van der Waals surface area contributed by atoms with Gasteiger partial charge in [0.15, 0.2) is 0 Å². The van der Waals surface area contributed by atoms with Crippen molar-refractivity contribution in [1.29, 1.82) is 0 Å². The molecule has 0 radical (unpaired) electrons. The average molecular weight is 509 g/mol. The lowest BCUT2D eigenvalue weighted by molar-refractivity contribution is -0.154. The van der Waals surface area contributed by atoms with Gasteiger partial charge in [0.1, 0.15) is 29.6 Å². The van der Waals surface area contributed by atoms with Crippen LogP contribution in [0, 0.1) is 0 Å². The number of alkyl halides is 2. The molecule has 2 unspecified atom stereocenters. The van der Waals surface area contributed by atoms with Crippen LogP contribution in [0.1, 0.15) is 45.8 Å². The molecular weight excluding hydrogens is 487 g/mol. The minimum atomic E-state index is -3.77. The SMILES string of the molecule is Bc1cc(C(F)(F)C(=O)N(B)C(B)c2ccc3c(c2)CN(C2CCC(=O)NC2=O)C3=O)cc(B)c1Cl. The summed E-state index contributed by atoms with van der Waals surface area (Å²) >= 11 is 6.10. The quantitative estimate of drug-likeness (QED) is 0.355. The number of nitrogens with zero attached hydrogens (tertiary/aromatic N) is 2. The normalized spacial score (nSPS) is 18.6. The number of fused-ring (bicyclic) bond motifs is 1. The molecule has 0 bridgehead atoms. The molecule has 2 heterocycles. The van der Waals surface area contributed by atoms with Gasteiger partial charge < -0.3 is 9.71 Å². The van der Waals surface area contributed by atoms with Crippen LogP contribution in [-0.4, -0.2) is 70.9 Å². The van der Waals surface area contributed by atoms with E-state index in [9.17, 15) is 19.2 Å². The summed E-state index contributed by atoms with van der Waals surface area (Å²) in [6, 6.07) is 6.58. The summed E-state index contributed by atoms with van der Waals surface area (Å²) in [7, 11) is 6.15. The zero-order valence-corrected chi connectivity index (χ0v) is 21.1. The topological polar surface area (TPSA) is 86.8 Å². The summed E-state index contributed by atoms with van der Waals surface area (Å²) in [5, 5.41) is 2.63. The number of imide groups is 1. The van der Waals surface area contributed by atoms with Crippen LogP contribution in [0.2, 0.25) is 5.02 Å². The van der Waals surface area contributed by atoms with E-state index in [0.29, 0.717) is 32.6 Å². The van der Waals surface area contributed by atoms with Crippen molar-refractivity contribution in [2.75, 3.05) is 0 Å². The third kappa shape index (κ3) is 4.45. The number of carbonyl (C=O) groups is 4. The van der Waals surface area contributed by atoms with Crippen LogP contribution < -0.4 is 16.2 Å². The van der Waals surface area contributed by atoms with E-state index < -0.39 is 35.3 Å². The summed E-state index contributed by atoms with van der Waals surface area (Å²) in [6.07, 6.45) is 0.385. The molecule has 0 aliphatic carbocycles. The van der Waals surface area contributed by atoms with E-state index in [2.05, 4.69) is 5.32 Å². The smallest absolute Gasteiger partial charge is 0.348 e. The molecule has 1 fully saturated rings. The molecule has 2 aromatic rings. The Bertz CT molecular complexity index is 1290. The number of nitrogens with one attached hydrogen (secondary N) is 1. The van der Waals surface area contributed by atoms with Gasteiger partial charge in [-0.1, -0.05) is 46.8 Å². The Morgan fingerprint density at radius 2 is 1.81 bits per heavy atom. The van der Waals surface area contributed by atoms with Crippen molar-refractivity contribution in [1.82, 2.24) is 15.0 Å². The molecule has 182 valence electrons. The Morgan fingerprint density at radius 3 is 2.42 bits per heavy atom. The summed E-state index contributed by atoms with van der Waals surface area (Å²) in [6.45, 7) is 0.151. The van der Waals surface area contributed by atoms with Gasteiger partial charge in [-0.3, -0.25) is 24.5 Å². The molecule has 2 atom stereocenters. The molecule has 0 spiro atoms.